The molecule has 1 fully saturated rings. The minimum atomic E-state index is 0.731. The second kappa shape index (κ2) is 7.41. The molecule has 1 atom stereocenters. The molecule has 0 amide bonds. The lowest BCUT2D eigenvalue weighted by Gasteiger charge is -2.20. The normalized spacial score (nSPS) is 17.8. The molecule has 1 heterocycles. The average Bonchev–Trinajstić information content (AvgIpc) is 2.86. The van der Waals surface area contributed by atoms with Crippen LogP contribution in [0.4, 0.5) is 0 Å². The molecule has 1 saturated heterocycles. The van der Waals surface area contributed by atoms with E-state index >= 15 is 0 Å². The van der Waals surface area contributed by atoms with Crippen molar-refractivity contribution in [2.75, 3.05) is 26.2 Å². The molecule has 1 aliphatic heterocycles. The SMILES string of the molecule is Cc1cc(CNCC(C)CN2CCCC2)ccc1Br. The Kier molecular flexibility index (Phi) is 5.86. The van der Waals surface area contributed by atoms with Crippen LogP contribution in [0.15, 0.2) is 22.7 Å². The maximum Gasteiger partial charge on any atom is 0.0205 e. The molecule has 19 heavy (non-hydrogen) atoms. The van der Waals surface area contributed by atoms with Crippen LogP contribution < -0.4 is 5.32 Å². The van der Waals surface area contributed by atoms with Crippen molar-refractivity contribution < 1.29 is 0 Å². The lowest BCUT2D eigenvalue weighted by atomic mass is 10.1. The maximum atomic E-state index is 3.58. The van der Waals surface area contributed by atoms with Crippen molar-refractivity contribution in [3.8, 4) is 0 Å². The molecule has 0 aliphatic carbocycles. The molecule has 106 valence electrons. The standard InChI is InChI=1S/C16H25BrN2/c1-13(12-19-7-3-4-8-19)10-18-11-15-5-6-16(17)14(2)9-15/h5-6,9,13,18H,3-4,7-8,10-12H2,1-2H3. The van der Waals surface area contributed by atoms with Gasteiger partial charge in [0.15, 0.2) is 0 Å². The Hall–Kier alpha value is -0.380. The summed E-state index contributed by atoms with van der Waals surface area (Å²) in [4.78, 5) is 2.59. The van der Waals surface area contributed by atoms with Crippen molar-refractivity contribution in [2.24, 2.45) is 5.92 Å². The average molecular weight is 325 g/mol. The summed E-state index contributed by atoms with van der Waals surface area (Å²) < 4.78 is 1.19. The van der Waals surface area contributed by atoms with E-state index in [0.29, 0.717) is 0 Å². The molecule has 0 aromatic heterocycles. The number of hydrogen-bond acceptors (Lipinski definition) is 2. The van der Waals surface area contributed by atoms with Gasteiger partial charge < -0.3 is 10.2 Å². The van der Waals surface area contributed by atoms with Crippen molar-refractivity contribution in [3.05, 3.63) is 33.8 Å². The molecular formula is C16H25BrN2. The number of likely N-dealkylation sites (tertiary alicyclic amines) is 1. The van der Waals surface area contributed by atoms with Gasteiger partial charge in [-0.15, -0.1) is 0 Å². The Labute approximate surface area is 125 Å². The van der Waals surface area contributed by atoms with Crippen molar-refractivity contribution in [1.82, 2.24) is 10.2 Å². The first-order valence-corrected chi connectivity index (χ1v) is 8.12. The molecule has 1 aliphatic rings. The van der Waals surface area contributed by atoms with Crippen molar-refractivity contribution in [1.29, 1.82) is 0 Å². The number of aryl methyl sites for hydroxylation is 1. The molecule has 0 radical (unpaired) electrons. The Morgan fingerprint density at radius 1 is 1.32 bits per heavy atom. The summed E-state index contributed by atoms with van der Waals surface area (Å²) in [5.41, 5.74) is 2.68. The van der Waals surface area contributed by atoms with E-state index in [2.05, 4.69) is 58.2 Å². The highest BCUT2D eigenvalue weighted by atomic mass is 79.9. The maximum absolute atomic E-state index is 3.58. The number of rotatable bonds is 6. The van der Waals surface area contributed by atoms with Crippen LogP contribution in [0.1, 0.15) is 30.9 Å². The smallest absolute Gasteiger partial charge is 0.0205 e. The zero-order valence-corrected chi connectivity index (χ0v) is 13.7. The monoisotopic (exact) mass is 324 g/mol. The molecule has 1 unspecified atom stereocenters. The third kappa shape index (κ3) is 4.90. The van der Waals surface area contributed by atoms with Gasteiger partial charge in [-0.25, -0.2) is 0 Å². The molecule has 0 saturated carbocycles. The first kappa shape index (κ1) is 15.0. The van der Waals surface area contributed by atoms with E-state index in [4.69, 9.17) is 0 Å². The largest absolute Gasteiger partial charge is 0.312 e. The highest BCUT2D eigenvalue weighted by molar-refractivity contribution is 9.10. The van der Waals surface area contributed by atoms with Crippen LogP contribution in [0.3, 0.4) is 0 Å². The van der Waals surface area contributed by atoms with Crippen LogP contribution >= 0.6 is 15.9 Å². The summed E-state index contributed by atoms with van der Waals surface area (Å²) >= 11 is 3.54. The summed E-state index contributed by atoms with van der Waals surface area (Å²) in [6.45, 7) is 10.4. The number of halogens is 1. The topological polar surface area (TPSA) is 15.3 Å². The van der Waals surface area contributed by atoms with E-state index in [1.165, 1.54) is 48.1 Å². The van der Waals surface area contributed by atoms with E-state index in [-0.39, 0.29) is 0 Å². The number of benzene rings is 1. The zero-order chi connectivity index (χ0) is 13.7. The first-order valence-electron chi connectivity index (χ1n) is 7.33. The van der Waals surface area contributed by atoms with Gasteiger partial charge in [0.1, 0.15) is 0 Å². The fourth-order valence-electron chi connectivity index (χ4n) is 2.75. The van der Waals surface area contributed by atoms with E-state index in [1.807, 2.05) is 0 Å². The highest BCUT2D eigenvalue weighted by Crippen LogP contribution is 2.17. The van der Waals surface area contributed by atoms with Crippen molar-refractivity contribution in [3.63, 3.8) is 0 Å². The number of nitrogens with one attached hydrogen (secondary N) is 1. The van der Waals surface area contributed by atoms with Crippen molar-refractivity contribution >= 4 is 15.9 Å². The minimum absolute atomic E-state index is 0.731. The Balaban J connectivity index is 1.68. The molecule has 2 nitrogen and oxygen atoms in total. The third-order valence-electron chi connectivity index (χ3n) is 3.81. The fraction of sp³-hybridized carbons (Fsp3) is 0.625. The van der Waals surface area contributed by atoms with Crippen LogP contribution in [0.5, 0.6) is 0 Å². The predicted molar refractivity (Wildman–Crippen MR) is 85.4 cm³/mol. The van der Waals surface area contributed by atoms with Crippen LogP contribution in [-0.4, -0.2) is 31.1 Å². The van der Waals surface area contributed by atoms with Gasteiger partial charge in [-0.3, -0.25) is 0 Å². The molecule has 3 heteroatoms. The van der Waals surface area contributed by atoms with Gasteiger partial charge in [-0.1, -0.05) is 35.0 Å². The second-order valence-corrected chi connectivity index (χ2v) is 6.68. The predicted octanol–water partition coefficient (Wildman–Crippen LogP) is 3.58. The molecule has 1 N–H and O–H groups in total. The second-order valence-electron chi connectivity index (χ2n) is 5.83. The number of hydrogen-bond donors (Lipinski definition) is 1. The third-order valence-corrected chi connectivity index (χ3v) is 4.70. The summed E-state index contributed by atoms with van der Waals surface area (Å²) in [7, 11) is 0. The van der Waals surface area contributed by atoms with E-state index in [9.17, 15) is 0 Å². The zero-order valence-electron chi connectivity index (χ0n) is 12.1. The van der Waals surface area contributed by atoms with Crippen molar-refractivity contribution in [2.45, 2.75) is 33.2 Å². The minimum Gasteiger partial charge on any atom is -0.312 e. The van der Waals surface area contributed by atoms with Gasteiger partial charge in [-0.2, -0.15) is 0 Å². The molecule has 1 aromatic carbocycles. The lowest BCUT2D eigenvalue weighted by molar-refractivity contribution is 0.282. The van der Waals surface area contributed by atoms with Gasteiger partial charge in [0.25, 0.3) is 0 Å². The van der Waals surface area contributed by atoms with E-state index in [1.54, 1.807) is 0 Å². The first-order chi connectivity index (χ1) is 9.15. The Morgan fingerprint density at radius 3 is 2.74 bits per heavy atom. The molecular weight excluding hydrogens is 300 g/mol. The van der Waals surface area contributed by atoms with Crippen LogP contribution in [0.2, 0.25) is 0 Å². The fourth-order valence-corrected chi connectivity index (χ4v) is 3.00. The van der Waals surface area contributed by atoms with E-state index in [0.717, 1.165) is 19.0 Å². The summed E-state index contributed by atoms with van der Waals surface area (Å²) in [6, 6.07) is 6.58. The van der Waals surface area contributed by atoms with Crippen LogP contribution in [0.25, 0.3) is 0 Å². The van der Waals surface area contributed by atoms with Gasteiger partial charge in [-0.05, 0) is 62.5 Å². The van der Waals surface area contributed by atoms with Gasteiger partial charge in [0, 0.05) is 17.6 Å². The van der Waals surface area contributed by atoms with Gasteiger partial charge in [0.05, 0.1) is 0 Å². The Bertz CT molecular complexity index is 400. The molecule has 0 spiro atoms. The highest BCUT2D eigenvalue weighted by Gasteiger charge is 2.14. The molecule has 1 aromatic rings. The van der Waals surface area contributed by atoms with Gasteiger partial charge >= 0.3 is 0 Å². The van der Waals surface area contributed by atoms with Crippen LogP contribution in [0, 0.1) is 12.8 Å². The quantitative estimate of drug-likeness (QED) is 0.860. The molecule has 2 rings (SSSR count). The molecule has 0 bridgehead atoms. The Morgan fingerprint density at radius 2 is 2.05 bits per heavy atom. The van der Waals surface area contributed by atoms with Crippen LogP contribution in [-0.2, 0) is 6.54 Å². The van der Waals surface area contributed by atoms with E-state index < -0.39 is 0 Å². The van der Waals surface area contributed by atoms with Gasteiger partial charge in [0.2, 0.25) is 0 Å². The summed E-state index contributed by atoms with van der Waals surface area (Å²) in [6.07, 6.45) is 2.77. The summed E-state index contributed by atoms with van der Waals surface area (Å²) in [5.74, 6) is 0.731. The lowest BCUT2D eigenvalue weighted by Crippen LogP contribution is -2.31. The summed E-state index contributed by atoms with van der Waals surface area (Å²) in [5, 5.41) is 3.58. The number of nitrogens with zero attached hydrogens (tertiary/aromatic N) is 1.